The van der Waals surface area contributed by atoms with E-state index in [9.17, 15) is 0 Å². The second-order valence-electron chi connectivity index (χ2n) is 2.76. The second-order valence-corrected chi connectivity index (χ2v) is 2.76. The minimum Gasteiger partial charge on any atom is -0.394 e. The van der Waals surface area contributed by atoms with Crippen molar-refractivity contribution in [1.82, 2.24) is 0 Å². The van der Waals surface area contributed by atoms with Gasteiger partial charge in [0.25, 0.3) is 0 Å². The fraction of sp³-hybridized carbons (Fsp3) is 0.400. The van der Waals surface area contributed by atoms with Crippen molar-refractivity contribution in [2.24, 2.45) is 0 Å². The van der Waals surface area contributed by atoms with Crippen molar-refractivity contribution in [1.29, 1.82) is 0 Å². The van der Waals surface area contributed by atoms with E-state index in [1.165, 1.54) is 5.56 Å². The molecule has 0 saturated carbocycles. The zero-order chi connectivity index (χ0) is 8.81. The van der Waals surface area contributed by atoms with Gasteiger partial charge in [-0.1, -0.05) is 29.8 Å². The van der Waals surface area contributed by atoms with E-state index in [0.29, 0.717) is 13.2 Å². The molecule has 0 saturated heterocycles. The topological polar surface area (TPSA) is 29.5 Å². The molecule has 0 atom stereocenters. The average molecular weight is 166 g/mol. The summed E-state index contributed by atoms with van der Waals surface area (Å²) in [5, 5.41) is 8.46. The monoisotopic (exact) mass is 166 g/mol. The van der Waals surface area contributed by atoms with E-state index in [1.807, 2.05) is 12.1 Å². The third kappa shape index (κ3) is 3.03. The molecule has 1 N–H and O–H groups in total. The minimum absolute atomic E-state index is 0.0891. The standard InChI is InChI=1S/C10H14O2/c1-9-2-4-10(5-3-9)8-12-7-6-11/h2-5,11H,6-8H2,1H3. The first-order valence-corrected chi connectivity index (χ1v) is 4.07. The molecule has 1 aromatic rings. The van der Waals surface area contributed by atoms with E-state index in [1.54, 1.807) is 0 Å². The molecule has 0 bridgehead atoms. The molecule has 12 heavy (non-hydrogen) atoms. The van der Waals surface area contributed by atoms with Crippen LogP contribution in [-0.2, 0) is 11.3 Å². The van der Waals surface area contributed by atoms with Crippen LogP contribution < -0.4 is 0 Å². The van der Waals surface area contributed by atoms with Crippen LogP contribution in [0.1, 0.15) is 11.1 Å². The summed E-state index contributed by atoms with van der Waals surface area (Å²) >= 11 is 0. The normalized spacial score (nSPS) is 10.2. The molecular weight excluding hydrogens is 152 g/mol. The highest BCUT2D eigenvalue weighted by molar-refractivity contribution is 5.20. The van der Waals surface area contributed by atoms with E-state index >= 15 is 0 Å². The number of aliphatic hydroxyl groups excluding tert-OH is 1. The van der Waals surface area contributed by atoms with Crippen LogP contribution in [0.4, 0.5) is 0 Å². The number of hydrogen-bond acceptors (Lipinski definition) is 2. The van der Waals surface area contributed by atoms with Crippen molar-refractivity contribution >= 4 is 0 Å². The highest BCUT2D eigenvalue weighted by Crippen LogP contribution is 2.03. The van der Waals surface area contributed by atoms with E-state index in [-0.39, 0.29) is 6.61 Å². The van der Waals surface area contributed by atoms with Crippen LogP contribution >= 0.6 is 0 Å². The molecule has 0 aromatic heterocycles. The first-order valence-electron chi connectivity index (χ1n) is 4.07. The van der Waals surface area contributed by atoms with E-state index in [2.05, 4.69) is 19.1 Å². The Morgan fingerprint density at radius 2 is 1.92 bits per heavy atom. The minimum atomic E-state index is 0.0891. The maximum atomic E-state index is 8.46. The molecule has 1 aromatic carbocycles. The summed E-state index contributed by atoms with van der Waals surface area (Å²) in [4.78, 5) is 0. The number of ether oxygens (including phenoxy) is 1. The van der Waals surface area contributed by atoms with Crippen LogP contribution in [0.15, 0.2) is 24.3 Å². The van der Waals surface area contributed by atoms with Gasteiger partial charge < -0.3 is 9.84 Å². The molecule has 2 heteroatoms. The Morgan fingerprint density at radius 1 is 1.25 bits per heavy atom. The Hall–Kier alpha value is -0.860. The van der Waals surface area contributed by atoms with Crippen LogP contribution in [-0.4, -0.2) is 18.3 Å². The van der Waals surface area contributed by atoms with Crippen LogP contribution in [0.25, 0.3) is 0 Å². The van der Waals surface area contributed by atoms with Gasteiger partial charge in [0.1, 0.15) is 0 Å². The Morgan fingerprint density at radius 3 is 2.50 bits per heavy atom. The Bertz CT molecular complexity index is 216. The van der Waals surface area contributed by atoms with Crippen molar-refractivity contribution in [2.45, 2.75) is 13.5 Å². The first-order chi connectivity index (χ1) is 5.83. The summed E-state index contributed by atoms with van der Waals surface area (Å²) in [5.74, 6) is 0. The second kappa shape index (κ2) is 4.91. The van der Waals surface area contributed by atoms with Crippen molar-refractivity contribution in [3.05, 3.63) is 35.4 Å². The quantitative estimate of drug-likeness (QED) is 0.687. The zero-order valence-corrected chi connectivity index (χ0v) is 7.29. The molecule has 0 aliphatic carbocycles. The molecule has 0 amide bonds. The summed E-state index contributed by atoms with van der Waals surface area (Å²) in [6, 6.07) is 8.18. The summed E-state index contributed by atoms with van der Waals surface area (Å²) in [5.41, 5.74) is 2.40. The van der Waals surface area contributed by atoms with E-state index < -0.39 is 0 Å². The number of rotatable bonds is 4. The van der Waals surface area contributed by atoms with Crippen LogP contribution in [0.5, 0.6) is 0 Å². The zero-order valence-electron chi connectivity index (χ0n) is 7.29. The molecular formula is C10H14O2. The van der Waals surface area contributed by atoms with Gasteiger partial charge in [-0.15, -0.1) is 0 Å². The predicted octanol–water partition coefficient (Wildman–Crippen LogP) is 1.50. The maximum absolute atomic E-state index is 8.46. The summed E-state index contributed by atoms with van der Waals surface area (Å²) < 4.78 is 5.16. The van der Waals surface area contributed by atoms with Gasteiger partial charge in [0.2, 0.25) is 0 Å². The molecule has 0 spiro atoms. The predicted molar refractivity (Wildman–Crippen MR) is 47.9 cm³/mol. The van der Waals surface area contributed by atoms with Crippen molar-refractivity contribution in [3.63, 3.8) is 0 Å². The molecule has 66 valence electrons. The summed E-state index contributed by atoms with van der Waals surface area (Å²) in [6.07, 6.45) is 0. The van der Waals surface area contributed by atoms with Crippen molar-refractivity contribution in [3.8, 4) is 0 Å². The lowest BCUT2D eigenvalue weighted by atomic mass is 10.2. The number of hydrogen-bond donors (Lipinski definition) is 1. The van der Waals surface area contributed by atoms with Gasteiger partial charge in [-0.25, -0.2) is 0 Å². The van der Waals surface area contributed by atoms with Gasteiger partial charge in [-0.2, -0.15) is 0 Å². The molecule has 0 heterocycles. The van der Waals surface area contributed by atoms with Crippen molar-refractivity contribution < 1.29 is 9.84 Å². The molecule has 0 aliphatic heterocycles. The highest BCUT2D eigenvalue weighted by atomic mass is 16.5. The van der Waals surface area contributed by atoms with E-state index in [4.69, 9.17) is 9.84 Å². The van der Waals surface area contributed by atoms with Gasteiger partial charge in [-0.05, 0) is 12.5 Å². The largest absolute Gasteiger partial charge is 0.394 e. The van der Waals surface area contributed by atoms with Gasteiger partial charge in [-0.3, -0.25) is 0 Å². The summed E-state index contributed by atoms with van der Waals surface area (Å²) in [6.45, 7) is 3.14. The average Bonchev–Trinajstić information content (AvgIpc) is 2.09. The van der Waals surface area contributed by atoms with E-state index in [0.717, 1.165) is 5.56 Å². The van der Waals surface area contributed by atoms with Crippen molar-refractivity contribution in [2.75, 3.05) is 13.2 Å². The SMILES string of the molecule is Cc1ccc(COCCO)cc1. The third-order valence-electron chi connectivity index (χ3n) is 1.62. The Labute approximate surface area is 72.8 Å². The van der Waals surface area contributed by atoms with Crippen LogP contribution in [0.3, 0.4) is 0 Å². The molecule has 2 nitrogen and oxygen atoms in total. The number of aliphatic hydroxyl groups is 1. The maximum Gasteiger partial charge on any atom is 0.0718 e. The molecule has 0 fully saturated rings. The van der Waals surface area contributed by atoms with Gasteiger partial charge in [0.15, 0.2) is 0 Å². The first kappa shape index (κ1) is 9.23. The molecule has 0 radical (unpaired) electrons. The van der Waals surface area contributed by atoms with Crippen LogP contribution in [0, 0.1) is 6.92 Å². The van der Waals surface area contributed by atoms with Gasteiger partial charge >= 0.3 is 0 Å². The fourth-order valence-corrected chi connectivity index (χ4v) is 0.939. The lowest BCUT2D eigenvalue weighted by molar-refractivity contribution is 0.0815. The fourth-order valence-electron chi connectivity index (χ4n) is 0.939. The Balaban J connectivity index is 2.37. The molecule has 0 aliphatic rings. The van der Waals surface area contributed by atoms with Gasteiger partial charge in [0, 0.05) is 0 Å². The highest BCUT2D eigenvalue weighted by Gasteiger charge is 1.91. The lowest BCUT2D eigenvalue weighted by Gasteiger charge is -2.02. The lowest BCUT2D eigenvalue weighted by Crippen LogP contribution is -1.98. The number of benzene rings is 1. The Kier molecular flexibility index (Phi) is 3.77. The summed E-state index contributed by atoms with van der Waals surface area (Å²) in [7, 11) is 0. The molecule has 1 rings (SSSR count). The smallest absolute Gasteiger partial charge is 0.0718 e. The van der Waals surface area contributed by atoms with Crippen LogP contribution in [0.2, 0.25) is 0 Å². The van der Waals surface area contributed by atoms with Gasteiger partial charge in [0.05, 0.1) is 19.8 Å². The number of aryl methyl sites for hydroxylation is 1. The molecule has 0 unspecified atom stereocenters. The third-order valence-corrected chi connectivity index (χ3v) is 1.62.